The van der Waals surface area contributed by atoms with Crippen LogP contribution in [-0.2, 0) is 30.9 Å². The quantitative estimate of drug-likeness (QED) is 0.487. The SMILES string of the molecule is CCOc1ccc(S(=O)(=O)NCCC(=O)OCC(=O)N(Cc2ccccc2)C(C)C)cc1. The normalized spacial score (nSPS) is 11.2. The second-order valence-corrected chi connectivity index (χ2v) is 9.08. The van der Waals surface area contributed by atoms with Crippen molar-refractivity contribution in [2.24, 2.45) is 0 Å². The highest BCUT2D eigenvalue weighted by Crippen LogP contribution is 2.16. The summed E-state index contributed by atoms with van der Waals surface area (Å²) in [6.45, 7) is 5.97. The molecule has 32 heavy (non-hydrogen) atoms. The van der Waals surface area contributed by atoms with E-state index in [0.717, 1.165) is 5.56 Å². The molecule has 0 saturated carbocycles. The first-order valence-corrected chi connectivity index (χ1v) is 11.9. The van der Waals surface area contributed by atoms with Gasteiger partial charge in [0, 0.05) is 19.1 Å². The van der Waals surface area contributed by atoms with Crippen molar-refractivity contribution in [3.8, 4) is 5.75 Å². The molecule has 1 amide bonds. The van der Waals surface area contributed by atoms with Gasteiger partial charge in [0.15, 0.2) is 6.61 Å². The van der Waals surface area contributed by atoms with Crippen LogP contribution in [0, 0.1) is 0 Å². The number of sulfonamides is 1. The summed E-state index contributed by atoms with van der Waals surface area (Å²) in [5.41, 5.74) is 0.976. The highest BCUT2D eigenvalue weighted by Gasteiger charge is 2.20. The monoisotopic (exact) mass is 462 g/mol. The predicted molar refractivity (Wildman–Crippen MR) is 121 cm³/mol. The molecule has 0 aromatic heterocycles. The van der Waals surface area contributed by atoms with Gasteiger partial charge in [0.05, 0.1) is 17.9 Å². The summed E-state index contributed by atoms with van der Waals surface area (Å²) < 4.78 is 37.3. The smallest absolute Gasteiger partial charge is 0.307 e. The first kappa shape index (κ1) is 25.4. The van der Waals surface area contributed by atoms with Crippen LogP contribution < -0.4 is 9.46 Å². The fourth-order valence-electron chi connectivity index (χ4n) is 2.89. The van der Waals surface area contributed by atoms with Crippen molar-refractivity contribution in [2.75, 3.05) is 19.8 Å². The fourth-order valence-corrected chi connectivity index (χ4v) is 3.92. The van der Waals surface area contributed by atoms with E-state index < -0.39 is 22.6 Å². The Bertz CT molecular complexity index is 975. The third-order valence-electron chi connectivity index (χ3n) is 4.56. The lowest BCUT2D eigenvalue weighted by Crippen LogP contribution is -2.39. The standard InChI is InChI=1S/C23H30N2O6S/c1-4-30-20-10-12-21(13-11-20)32(28,29)24-15-14-23(27)31-17-22(26)25(18(2)3)16-19-8-6-5-7-9-19/h5-13,18,24H,4,14-17H2,1-3H3. The molecule has 0 radical (unpaired) electrons. The summed E-state index contributed by atoms with van der Waals surface area (Å²) in [6, 6.07) is 15.5. The molecular weight excluding hydrogens is 432 g/mol. The number of carbonyl (C=O) groups excluding carboxylic acids is 2. The number of nitrogens with zero attached hydrogens (tertiary/aromatic N) is 1. The molecule has 0 aliphatic rings. The number of esters is 1. The van der Waals surface area contributed by atoms with Gasteiger partial charge in [0.25, 0.3) is 5.91 Å². The minimum Gasteiger partial charge on any atom is -0.494 e. The Hall–Kier alpha value is -2.91. The van der Waals surface area contributed by atoms with Gasteiger partial charge in [0.1, 0.15) is 5.75 Å². The number of benzene rings is 2. The molecule has 0 aliphatic carbocycles. The molecule has 2 rings (SSSR count). The van der Waals surface area contributed by atoms with Crippen molar-refractivity contribution < 1.29 is 27.5 Å². The Morgan fingerprint density at radius 1 is 1.03 bits per heavy atom. The number of ether oxygens (including phenoxy) is 2. The average molecular weight is 463 g/mol. The molecule has 0 atom stereocenters. The molecular formula is C23H30N2O6S. The number of amides is 1. The molecule has 0 fully saturated rings. The predicted octanol–water partition coefficient (Wildman–Crippen LogP) is 2.73. The minimum absolute atomic E-state index is 0.0673. The molecule has 0 unspecified atom stereocenters. The minimum atomic E-state index is -3.77. The van der Waals surface area contributed by atoms with Crippen LogP contribution in [0.1, 0.15) is 32.8 Å². The van der Waals surface area contributed by atoms with Gasteiger partial charge in [-0.2, -0.15) is 0 Å². The van der Waals surface area contributed by atoms with Crippen molar-refractivity contribution in [3.05, 3.63) is 60.2 Å². The van der Waals surface area contributed by atoms with E-state index in [2.05, 4.69) is 4.72 Å². The van der Waals surface area contributed by atoms with Crippen LogP contribution in [-0.4, -0.2) is 51.0 Å². The summed E-state index contributed by atoms with van der Waals surface area (Å²) >= 11 is 0. The molecule has 8 nitrogen and oxygen atoms in total. The van der Waals surface area contributed by atoms with Crippen LogP contribution in [0.25, 0.3) is 0 Å². The summed E-state index contributed by atoms with van der Waals surface area (Å²) in [5, 5.41) is 0. The van der Waals surface area contributed by atoms with Gasteiger partial charge in [-0.25, -0.2) is 13.1 Å². The largest absolute Gasteiger partial charge is 0.494 e. The third-order valence-corrected chi connectivity index (χ3v) is 6.04. The van der Waals surface area contributed by atoms with Gasteiger partial charge in [-0.3, -0.25) is 9.59 Å². The van der Waals surface area contributed by atoms with Crippen LogP contribution in [0.3, 0.4) is 0 Å². The lowest BCUT2D eigenvalue weighted by Gasteiger charge is -2.26. The number of carbonyl (C=O) groups is 2. The summed E-state index contributed by atoms with van der Waals surface area (Å²) in [5.74, 6) is -0.397. The highest BCUT2D eigenvalue weighted by atomic mass is 32.2. The Kier molecular flexibility index (Phi) is 9.67. The second kappa shape index (κ2) is 12.2. The second-order valence-electron chi connectivity index (χ2n) is 7.31. The number of nitrogens with one attached hydrogen (secondary N) is 1. The molecule has 0 heterocycles. The van der Waals surface area contributed by atoms with Crippen LogP contribution in [0.5, 0.6) is 5.75 Å². The number of rotatable bonds is 12. The Balaban J connectivity index is 1.79. The van der Waals surface area contributed by atoms with Gasteiger partial charge in [-0.05, 0) is 50.6 Å². The zero-order chi connectivity index (χ0) is 23.6. The van der Waals surface area contributed by atoms with E-state index in [1.165, 1.54) is 12.1 Å². The maximum atomic E-state index is 12.5. The molecule has 0 spiro atoms. The molecule has 0 aliphatic heterocycles. The zero-order valence-corrected chi connectivity index (χ0v) is 19.4. The van der Waals surface area contributed by atoms with E-state index in [9.17, 15) is 18.0 Å². The Morgan fingerprint density at radius 2 is 1.69 bits per heavy atom. The molecule has 174 valence electrons. The Morgan fingerprint density at radius 3 is 2.28 bits per heavy atom. The van der Waals surface area contributed by atoms with E-state index in [1.54, 1.807) is 17.0 Å². The molecule has 0 bridgehead atoms. The van der Waals surface area contributed by atoms with Gasteiger partial charge in [-0.1, -0.05) is 30.3 Å². The summed E-state index contributed by atoms with van der Waals surface area (Å²) in [4.78, 5) is 26.2. The number of hydrogen-bond acceptors (Lipinski definition) is 6. The molecule has 2 aromatic carbocycles. The number of hydrogen-bond donors (Lipinski definition) is 1. The van der Waals surface area contributed by atoms with Gasteiger partial charge in [0.2, 0.25) is 10.0 Å². The van der Waals surface area contributed by atoms with Crippen LogP contribution in [0.15, 0.2) is 59.5 Å². The van der Waals surface area contributed by atoms with Crippen molar-refractivity contribution in [2.45, 2.75) is 44.7 Å². The summed E-state index contributed by atoms with van der Waals surface area (Å²) in [7, 11) is -3.77. The first-order valence-electron chi connectivity index (χ1n) is 10.4. The maximum Gasteiger partial charge on any atom is 0.307 e. The molecule has 0 saturated heterocycles. The maximum absolute atomic E-state index is 12.5. The van der Waals surface area contributed by atoms with Crippen molar-refractivity contribution in [1.29, 1.82) is 0 Å². The van der Waals surface area contributed by atoms with Gasteiger partial charge in [-0.15, -0.1) is 0 Å². The first-order chi connectivity index (χ1) is 15.2. The molecule has 1 N–H and O–H groups in total. The van der Waals surface area contributed by atoms with Crippen LogP contribution >= 0.6 is 0 Å². The summed E-state index contributed by atoms with van der Waals surface area (Å²) in [6.07, 6.45) is -0.191. The van der Waals surface area contributed by atoms with Crippen molar-refractivity contribution >= 4 is 21.9 Å². The lowest BCUT2D eigenvalue weighted by atomic mass is 10.2. The van der Waals surface area contributed by atoms with E-state index in [1.807, 2.05) is 51.1 Å². The molecule has 2 aromatic rings. The van der Waals surface area contributed by atoms with E-state index >= 15 is 0 Å². The zero-order valence-electron chi connectivity index (χ0n) is 18.6. The van der Waals surface area contributed by atoms with Gasteiger partial charge < -0.3 is 14.4 Å². The van der Waals surface area contributed by atoms with Crippen LogP contribution in [0.2, 0.25) is 0 Å². The average Bonchev–Trinajstić information content (AvgIpc) is 2.77. The van der Waals surface area contributed by atoms with Gasteiger partial charge >= 0.3 is 5.97 Å². The lowest BCUT2D eigenvalue weighted by molar-refractivity contribution is -0.153. The Labute approximate surface area is 189 Å². The third kappa shape index (κ3) is 7.97. The van der Waals surface area contributed by atoms with Crippen LogP contribution in [0.4, 0.5) is 0 Å². The highest BCUT2D eigenvalue weighted by molar-refractivity contribution is 7.89. The van der Waals surface area contributed by atoms with E-state index in [4.69, 9.17) is 9.47 Å². The topological polar surface area (TPSA) is 102 Å². The van der Waals surface area contributed by atoms with E-state index in [0.29, 0.717) is 18.9 Å². The molecule has 9 heteroatoms. The van der Waals surface area contributed by atoms with E-state index in [-0.39, 0.29) is 29.8 Å². The fraction of sp³-hybridized carbons (Fsp3) is 0.391. The van der Waals surface area contributed by atoms with Crippen molar-refractivity contribution in [1.82, 2.24) is 9.62 Å². The van der Waals surface area contributed by atoms with Crippen molar-refractivity contribution in [3.63, 3.8) is 0 Å².